The van der Waals surface area contributed by atoms with Gasteiger partial charge < -0.3 is 10.1 Å². The van der Waals surface area contributed by atoms with Gasteiger partial charge in [-0.15, -0.1) is 0 Å². The number of nitrogens with zero attached hydrogens (tertiary/aromatic N) is 1. The van der Waals surface area contributed by atoms with Crippen LogP contribution in [0.25, 0.3) is 0 Å². The molecule has 1 N–H and O–H groups in total. The second kappa shape index (κ2) is 6.57. The highest BCUT2D eigenvalue weighted by Crippen LogP contribution is 2.35. The van der Waals surface area contributed by atoms with Crippen LogP contribution in [0.3, 0.4) is 0 Å². The maximum absolute atomic E-state index is 12.8. The number of alkyl halides is 3. The molecule has 0 aliphatic rings. The second-order valence-corrected chi connectivity index (χ2v) is 4.67. The highest BCUT2D eigenvalue weighted by atomic mass is 19.4. The Balaban J connectivity index is 2.34. The van der Waals surface area contributed by atoms with Crippen LogP contribution in [-0.4, -0.2) is 17.9 Å². The molecule has 1 amide bonds. The maximum atomic E-state index is 12.8. The van der Waals surface area contributed by atoms with Gasteiger partial charge in [-0.25, -0.2) is 0 Å². The number of amides is 1. The lowest BCUT2D eigenvalue weighted by atomic mass is 10.1. The van der Waals surface area contributed by atoms with E-state index in [4.69, 9.17) is 4.74 Å². The molecule has 126 valence electrons. The SMILES string of the molecule is COc1ccc(C(F)(F)F)cc1NC(=O)c1cccc([N+](=O)[O-])c1. The lowest BCUT2D eigenvalue weighted by Crippen LogP contribution is -2.14. The summed E-state index contributed by atoms with van der Waals surface area (Å²) in [6.07, 6.45) is -4.59. The Morgan fingerprint density at radius 3 is 2.50 bits per heavy atom. The molecule has 0 aromatic heterocycles. The third kappa shape index (κ3) is 3.80. The van der Waals surface area contributed by atoms with Gasteiger partial charge >= 0.3 is 6.18 Å². The number of nitrogens with one attached hydrogen (secondary N) is 1. The number of rotatable bonds is 4. The first-order chi connectivity index (χ1) is 11.2. The van der Waals surface area contributed by atoms with Crippen molar-refractivity contribution in [3.05, 3.63) is 63.7 Å². The molecule has 9 heteroatoms. The number of hydrogen-bond acceptors (Lipinski definition) is 4. The molecule has 0 unspecified atom stereocenters. The van der Waals surface area contributed by atoms with E-state index in [-0.39, 0.29) is 22.7 Å². The Hall–Kier alpha value is -3.10. The third-order valence-corrected chi connectivity index (χ3v) is 3.09. The summed E-state index contributed by atoms with van der Waals surface area (Å²) in [6, 6.07) is 7.46. The molecule has 24 heavy (non-hydrogen) atoms. The summed E-state index contributed by atoms with van der Waals surface area (Å²) < 4.78 is 43.3. The molecule has 0 heterocycles. The Morgan fingerprint density at radius 1 is 1.21 bits per heavy atom. The van der Waals surface area contributed by atoms with Crippen molar-refractivity contribution >= 4 is 17.3 Å². The molecular weight excluding hydrogens is 329 g/mol. The molecule has 0 atom stereocenters. The van der Waals surface area contributed by atoms with Crippen LogP contribution in [0.15, 0.2) is 42.5 Å². The highest BCUT2D eigenvalue weighted by molar-refractivity contribution is 6.05. The first-order valence-electron chi connectivity index (χ1n) is 6.53. The molecule has 0 radical (unpaired) electrons. The van der Waals surface area contributed by atoms with Gasteiger partial charge in [0.2, 0.25) is 0 Å². The number of methoxy groups -OCH3 is 1. The molecule has 6 nitrogen and oxygen atoms in total. The second-order valence-electron chi connectivity index (χ2n) is 4.67. The van der Waals surface area contributed by atoms with Crippen LogP contribution in [0.5, 0.6) is 5.75 Å². The summed E-state index contributed by atoms with van der Waals surface area (Å²) in [5, 5.41) is 13.0. The summed E-state index contributed by atoms with van der Waals surface area (Å²) in [5.74, 6) is -0.766. The van der Waals surface area contributed by atoms with Gasteiger partial charge in [-0.1, -0.05) is 6.07 Å². The number of non-ortho nitro benzene ring substituents is 1. The predicted molar refractivity (Wildman–Crippen MR) is 79.0 cm³/mol. The number of hydrogen-bond donors (Lipinski definition) is 1. The molecule has 0 fully saturated rings. The normalized spacial score (nSPS) is 11.0. The van der Waals surface area contributed by atoms with E-state index in [1.165, 1.54) is 25.3 Å². The molecule has 0 aliphatic carbocycles. The van der Waals surface area contributed by atoms with Gasteiger partial charge in [-0.2, -0.15) is 13.2 Å². The van der Waals surface area contributed by atoms with Crippen LogP contribution in [0.4, 0.5) is 24.5 Å². The fraction of sp³-hybridized carbons (Fsp3) is 0.133. The zero-order valence-corrected chi connectivity index (χ0v) is 12.3. The van der Waals surface area contributed by atoms with Crippen molar-refractivity contribution in [1.29, 1.82) is 0 Å². The molecule has 0 saturated carbocycles. The predicted octanol–water partition coefficient (Wildman–Crippen LogP) is 3.87. The van der Waals surface area contributed by atoms with Gasteiger partial charge in [0.15, 0.2) is 0 Å². The van der Waals surface area contributed by atoms with Crippen molar-refractivity contribution < 1.29 is 27.6 Å². The molecule has 0 aliphatic heterocycles. The topological polar surface area (TPSA) is 81.5 Å². The zero-order chi connectivity index (χ0) is 17.9. The Bertz CT molecular complexity index is 791. The first kappa shape index (κ1) is 17.3. The van der Waals surface area contributed by atoms with Gasteiger partial charge in [0, 0.05) is 17.7 Å². The van der Waals surface area contributed by atoms with Crippen molar-refractivity contribution in [3.63, 3.8) is 0 Å². The number of carbonyl (C=O) groups is 1. The van der Waals surface area contributed by atoms with Gasteiger partial charge in [0.05, 0.1) is 23.3 Å². The lowest BCUT2D eigenvalue weighted by Gasteiger charge is -2.13. The summed E-state index contributed by atoms with van der Waals surface area (Å²) in [5.41, 5.74) is -1.52. The Labute approximate surface area is 134 Å². The monoisotopic (exact) mass is 340 g/mol. The fourth-order valence-electron chi connectivity index (χ4n) is 1.94. The molecule has 2 aromatic carbocycles. The minimum atomic E-state index is -4.59. The minimum absolute atomic E-state index is 0.0294. The summed E-state index contributed by atoms with van der Waals surface area (Å²) >= 11 is 0. The van der Waals surface area contributed by atoms with E-state index < -0.39 is 22.6 Å². The smallest absolute Gasteiger partial charge is 0.416 e. The zero-order valence-electron chi connectivity index (χ0n) is 12.3. The van der Waals surface area contributed by atoms with Crippen LogP contribution in [0.1, 0.15) is 15.9 Å². The highest BCUT2D eigenvalue weighted by Gasteiger charge is 2.31. The number of ether oxygens (including phenoxy) is 1. The van der Waals surface area contributed by atoms with E-state index in [0.717, 1.165) is 24.3 Å². The van der Waals surface area contributed by atoms with Gasteiger partial charge in [0.25, 0.3) is 11.6 Å². The number of anilines is 1. The third-order valence-electron chi connectivity index (χ3n) is 3.09. The number of halogens is 3. The fourth-order valence-corrected chi connectivity index (χ4v) is 1.94. The maximum Gasteiger partial charge on any atom is 0.416 e. The number of benzene rings is 2. The van der Waals surface area contributed by atoms with Crippen molar-refractivity contribution in [2.45, 2.75) is 6.18 Å². The van der Waals surface area contributed by atoms with E-state index in [1.54, 1.807) is 0 Å². The van der Waals surface area contributed by atoms with Gasteiger partial charge in [-0.05, 0) is 24.3 Å². The number of nitro benzene ring substituents is 1. The van der Waals surface area contributed by atoms with E-state index >= 15 is 0 Å². The molecule has 0 saturated heterocycles. The lowest BCUT2D eigenvalue weighted by molar-refractivity contribution is -0.384. The van der Waals surface area contributed by atoms with Crippen LogP contribution in [-0.2, 0) is 6.18 Å². The van der Waals surface area contributed by atoms with E-state index in [1.807, 2.05) is 0 Å². The summed E-state index contributed by atoms with van der Waals surface area (Å²) in [4.78, 5) is 22.2. The van der Waals surface area contributed by atoms with Crippen LogP contribution < -0.4 is 10.1 Å². The largest absolute Gasteiger partial charge is 0.495 e. The van der Waals surface area contributed by atoms with Crippen molar-refractivity contribution in [1.82, 2.24) is 0 Å². The van der Waals surface area contributed by atoms with Crippen molar-refractivity contribution in [2.24, 2.45) is 0 Å². The van der Waals surface area contributed by atoms with Crippen molar-refractivity contribution in [2.75, 3.05) is 12.4 Å². The summed E-state index contributed by atoms with van der Waals surface area (Å²) in [6.45, 7) is 0. The molecular formula is C15H11F3N2O4. The van der Waals surface area contributed by atoms with Gasteiger partial charge in [-0.3, -0.25) is 14.9 Å². The van der Waals surface area contributed by atoms with Gasteiger partial charge in [0.1, 0.15) is 5.75 Å². The van der Waals surface area contributed by atoms with E-state index in [0.29, 0.717) is 0 Å². The quantitative estimate of drug-likeness (QED) is 0.676. The Kier molecular flexibility index (Phi) is 4.72. The molecule has 0 bridgehead atoms. The Morgan fingerprint density at radius 2 is 1.92 bits per heavy atom. The number of nitro groups is 1. The minimum Gasteiger partial charge on any atom is -0.495 e. The van der Waals surface area contributed by atoms with E-state index in [2.05, 4.69) is 5.32 Å². The first-order valence-corrected chi connectivity index (χ1v) is 6.53. The van der Waals surface area contributed by atoms with Crippen molar-refractivity contribution in [3.8, 4) is 5.75 Å². The standard InChI is InChI=1S/C15H11F3N2O4/c1-24-13-6-5-10(15(16,17)18)8-12(13)19-14(21)9-3-2-4-11(7-9)20(22)23/h2-8H,1H3,(H,19,21). The summed E-state index contributed by atoms with van der Waals surface area (Å²) in [7, 11) is 1.24. The average molecular weight is 340 g/mol. The molecule has 2 rings (SSSR count). The van der Waals surface area contributed by atoms with Crippen LogP contribution in [0, 0.1) is 10.1 Å². The van der Waals surface area contributed by atoms with Crippen LogP contribution in [0.2, 0.25) is 0 Å². The number of carbonyl (C=O) groups excluding carboxylic acids is 1. The van der Waals surface area contributed by atoms with E-state index in [9.17, 15) is 28.1 Å². The van der Waals surface area contributed by atoms with Crippen LogP contribution >= 0.6 is 0 Å². The molecule has 2 aromatic rings. The molecule has 0 spiro atoms. The average Bonchev–Trinajstić information content (AvgIpc) is 2.54.